The van der Waals surface area contributed by atoms with E-state index in [1.54, 1.807) is 54.5 Å². The largest absolute Gasteiger partial charge is 0.462 e. The molecular formula is C61H65BrF8N8O8. The van der Waals surface area contributed by atoms with Crippen molar-refractivity contribution in [3.05, 3.63) is 140 Å². The molecule has 0 radical (unpaired) electrons. The lowest BCUT2D eigenvalue weighted by Crippen LogP contribution is -2.61. The number of aliphatic imine (C=N–C) groups is 3. The van der Waals surface area contributed by atoms with Gasteiger partial charge in [-0.05, 0) is 150 Å². The maximum Gasteiger partial charge on any atom is 0.438 e. The van der Waals surface area contributed by atoms with Gasteiger partial charge in [0.05, 0.1) is 19.0 Å². The van der Waals surface area contributed by atoms with Crippen molar-refractivity contribution >= 4 is 46.2 Å². The van der Waals surface area contributed by atoms with E-state index in [9.17, 15) is 41.0 Å². The Balaban J connectivity index is 0.000000165. The van der Waals surface area contributed by atoms with E-state index >= 15 is 8.78 Å². The molecule has 4 fully saturated rings. The van der Waals surface area contributed by atoms with Crippen molar-refractivity contribution in [3.63, 3.8) is 0 Å². The summed E-state index contributed by atoms with van der Waals surface area (Å²) in [5, 5.41) is 9.58. The molecule has 3 aliphatic heterocycles. The smallest absolute Gasteiger partial charge is 0.438 e. The molecule has 0 spiro atoms. The minimum Gasteiger partial charge on any atom is -0.462 e. The van der Waals surface area contributed by atoms with Crippen molar-refractivity contribution in [2.45, 2.75) is 140 Å². The number of amidine groups is 3. The minimum atomic E-state index is -1.97. The number of halogens is 9. The number of pyridine rings is 2. The SMILES string of the molecule is CCc1cc(F)c([C@@]2(CF)N=C(N)OC3C[C@@H]32)cc1Br.CCc1cc(F)c([C@]2(CF)[C@H]3CC3OC(=NC(=O)OC(C)(C)C)N2C(=O)OC(C)(C)C)cc1-c1cncc(F)c1.NC1=N[C@](CF)(c2cc(-c3cncc(F)c3)c(CO)cc2F)[C@H]2CC2O1. The number of hydrogen-bond donors (Lipinski definition) is 3. The lowest BCUT2D eigenvalue weighted by atomic mass is 9.80. The fourth-order valence-electron chi connectivity index (χ4n) is 11.5. The van der Waals surface area contributed by atoms with E-state index in [0.29, 0.717) is 53.5 Å². The minimum absolute atomic E-state index is 0.00945. The molecule has 3 aliphatic carbocycles. The third-order valence-corrected chi connectivity index (χ3v) is 16.4. The van der Waals surface area contributed by atoms with Crippen molar-refractivity contribution in [1.82, 2.24) is 14.9 Å². The number of carbonyl (C=O) groups is 2. The zero-order chi connectivity index (χ0) is 62.6. The zero-order valence-electron chi connectivity index (χ0n) is 48.3. The molecule has 5 N–H and O–H groups in total. The highest BCUT2D eigenvalue weighted by molar-refractivity contribution is 9.10. The molecule has 1 saturated heterocycles. The lowest BCUT2D eigenvalue weighted by Gasteiger charge is -2.45. The van der Waals surface area contributed by atoms with E-state index in [2.05, 4.69) is 40.9 Å². The number of amides is 2. The van der Waals surface area contributed by atoms with Crippen LogP contribution in [0, 0.1) is 46.8 Å². The van der Waals surface area contributed by atoms with Gasteiger partial charge in [0.25, 0.3) is 12.0 Å². The summed E-state index contributed by atoms with van der Waals surface area (Å²) in [5.74, 6) is -4.24. The molecule has 3 unspecified atom stereocenters. The second-order valence-corrected chi connectivity index (χ2v) is 24.7. The van der Waals surface area contributed by atoms with Crippen molar-refractivity contribution in [3.8, 4) is 22.3 Å². The number of aliphatic hydroxyl groups is 1. The fraction of sp³-hybridized carbons (Fsp3) is 0.459. The van der Waals surface area contributed by atoms with E-state index in [4.69, 9.17) is 35.2 Å². The Morgan fingerprint density at radius 2 is 1.09 bits per heavy atom. The number of hydrogen-bond acceptors (Lipinski definition) is 14. The summed E-state index contributed by atoms with van der Waals surface area (Å²) in [4.78, 5) is 46.9. The van der Waals surface area contributed by atoms with E-state index in [-0.39, 0.29) is 64.8 Å². The summed E-state index contributed by atoms with van der Waals surface area (Å²) in [6, 6.07) is 9.92. The zero-order valence-corrected chi connectivity index (χ0v) is 49.9. The molecule has 9 atom stereocenters. The monoisotopic (exact) mass is 1270 g/mol. The van der Waals surface area contributed by atoms with Crippen LogP contribution in [0.2, 0.25) is 0 Å². The molecule has 2 amide bonds. The number of alkyl halides is 3. The van der Waals surface area contributed by atoms with E-state index < -0.39 is 114 Å². The summed E-state index contributed by atoms with van der Waals surface area (Å²) in [6.07, 6.45) is 4.19. The summed E-state index contributed by atoms with van der Waals surface area (Å²) in [5.41, 5.74) is 7.82. The number of aryl methyl sites for hydroxylation is 2. The second-order valence-electron chi connectivity index (χ2n) is 23.8. The molecule has 460 valence electrons. The highest BCUT2D eigenvalue weighted by atomic mass is 79.9. The van der Waals surface area contributed by atoms with Crippen molar-refractivity contribution in [1.29, 1.82) is 0 Å². The topological polar surface area (TPSA) is 219 Å². The Morgan fingerprint density at radius 3 is 1.57 bits per heavy atom. The molecule has 5 aromatic rings. The Kier molecular flexibility index (Phi) is 17.6. The van der Waals surface area contributed by atoms with Crippen LogP contribution < -0.4 is 11.5 Å². The number of fused-ring (bicyclic) bond motifs is 3. The van der Waals surface area contributed by atoms with Gasteiger partial charge in [-0.2, -0.15) is 0 Å². The van der Waals surface area contributed by atoms with Crippen LogP contribution >= 0.6 is 15.9 Å². The molecule has 16 nitrogen and oxygen atoms in total. The van der Waals surface area contributed by atoms with E-state index in [1.165, 1.54) is 48.8 Å². The first-order valence-electron chi connectivity index (χ1n) is 27.8. The molecule has 0 bridgehead atoms. The summed E-state index contributed by atoms with van der Waals surface area (Å²) in [6.45, 7) is 10.0. The van der Waals surface area contributed by atoms with Crippen LogP contribution in [0.3, 0.4) is 0 Å². The van der Waals surface area contributed by atoms with Gasteiger partial charge in [0.1, 0.15) is 95.2 Å². The molecule has 86 heavy (non-hydrogen) atoms. The van der Waals surface area contributed by atoms with Gasteiger partial charge in [-0.3, -0.25) is 9.97 Å². The van der Waals surface area contributed by atoms with E-state index in [1.807, 2.05) is 6.92 Å². The van der Waals surface area contributed by atoms with Crippen LogP contribution in [0.15, 0.2) is 92.8 Å². The normalized spacial score (nSPS) is 26.2. The highest BCUT2D eigenvalue weighted by Crippen LogP contribution is 2.58. The van der Waals surface area contributed by atoms with Crippen LogP contribution in [0.4, 0.5) is 44.7 Å². The average Bonchev–Trinajstić information content (AvgIpc) is 1.54. The first-order valence-corrected chi connectivity index (χ1v) is 28.6. The van der Waals surface area contributed by atoms with Crippen LogP contribution in [0.5, 0.6) is 0 Å². The van der Waals surface area contributed by atoms with Crippen LogP contribution in [0.25, 0.3) is 22.3 Å². The number of nitrogens with zero attached hydrogens (tertiary/aromatic N) is 6. The number of carbonyl (C=O) groups excluding carboxylic acids is 2. The van der Waals surface area contributed by atoms with E-state index in [0.717, 1.165) is 33.4 Å². The molecule has 2 aromatic heterocycles. The van der Waals surface area contributed by atoms with Crippen molar-refractivity contribution < 1.29 is 73.5 Å². The van der Waals surface area contributed by atoms with Crippen LogP contribution in [0.1, 0.15) is 108 Å². The number of rotatable bonds is 11. The molecule has 3 saturated carbocycles. The van der Waals surface area contributed by atoms with Gasteiger partial charge in [0, 0.05) is 62.4 Å². The number of aliphatic hydroxyl groups excluding tert-OH is 1. The summed E-state index contributed by atoms with van der Waals surface area (Å²) < 4.78 is 144. The standard InChI is InChI=1S/C29H34F3N3O5.C18H16F3N3O2.C14H15BrF2N2O/c1-8-16-10-22(32)20(11-19(16)17-9-18(31)14-33-13-17)29(15-30)21-12-23(21)38-24(34-25(36)39-27(2,3)4)35(29)26(37)40-28(5,6)7;19-8-18(14-4-16(14)26-17(22)24-18)13-3-12(10(7-25)2-15(13)21)9-1-11(20)6-23-5-9;1-2-7-3-11(17)8(4-10(7)15)14(6-16)9-5-12(9)20-13(18)19-14/h9-11,13-14,21,23H,8,12,15H2,1-7H3;1-3,5-6,14,16,25H,4,7-8H2,(H2,22,24);3-4,9,12H,2,5-6H2,1H3,(H2,18,19)/t21-,23?,29+;14-,16?,18+;9-,12?,14+/m000/s1. The fourth-order valence-corrected chi connectivity index (χ4v) is 12.1. The highest BCUT2D eigenvalue weighted by Gasteiger charge is 2.67. The number of ether oxygens (including phenoxy) is 5. The number of benzene rings is 3. The predicted molar refractivity (Wildman–Crippen MR) is 305 cm³/mol. The first kappa shape index (κ1) is 63.1. The van der Waals surface area contributed by atoms with Crippen LogP contribution in [-0.4, -0.2) is 99.8 Å². The van der Waals surface area contributed by atoms with Crippen molar-refractivity contribution in [2.75, 3.05) is 20.0 Å². The molecule has 25 heteroatoms. The number of aromatic nitrogens is 2. The van der Waals surface area contributed by atoms with Gasteiger partial charge in [-0.15, -0.1) is 4.99 Å². The second kappa shape index (κ2) is 24.0. The predicted octanol–water partition coefficient (Wildman–Crippen LogP) is 12.2. The van der Waals surface area contributed by atoms with Gasteiger partial charge in [0.15, 0.2) is 0 Å². The quantitative estimate of drug-likeness (QED) is 0.105. The Hall–Kier alpha value is -7.41. The molecular weight excluding hydrogens is 1200 g/mol. The number of nitrogens with two attached hydrogens (primary N) is 2. The lowest BCUT2D eigenvalue weighted by molar-refractivity contribution is -0.0218. The van der Waals surface area contributed by atoms with Crippen LogP contribution in [-0.2, 0) is 59.7 Å². The van der Waals surface area contributed by atoms with Gasteiger partial charge in [0.2, 0.25) is 0 Å². The Morgan fingerprint density at radius 1 is 0.640 bits per heavy atom. The van der Waals surface area contributed by atoms with Crippen molar-refractivity contribution in [2.24, 2.45) is 44.2 Å². The van der Waals surface area contributed by atoms with Gasteiger partial charge < -0.3 is 40.3 Å². The first-order chi connectivity index (χ1) is 40.6. The summed E-state index contributed by atoms with van der Waals surface area (Å²) in [7, 11) is 0. The Bertz CT molecular complexity index is 3550. The maximum atomic E-state index is 16.0. The third kappa shape index (κ3) is 12.4. The average molecular weight is 1270 g/mol. The molecule has 11 rings (SSSR count). The van der Waals surface area contributed by atoms with Gasteiger partial charge in [-0.25, -0.2) is 59.6 Å². The molecule has 6 aliphatic rings. The molecule has 3 aromatic carbocycles. The molecule has 5 heterocycles. The maximum absolute atomic E-state index is 16.0. The summed E-state index contributed by atoms with van der Waals surface area (Å²) >= 11 is 3.41. The Labute approximate surface area is 499 Å². The van der Waals surface area contributed by atoms with Gasteiger partial charge >= 0.3 is 18.2 Å². The van der Waals surface area contributed by atoms with Gasteiger partial charge in [-0.1, -0.05) is 29.8 Å². The third-order valence-electron chi connectivity index (χ3n) is 15.7.